The van der Waals surface area contributed by atoms with Crippen molar-refractivity contribution in [3.63, 3.8) is 0 Å². The molecule has 2 atom stereocenters. The number of carbonyl (C=O) groups is 3. The molecule has 0 aromatic rings. The highest BCUT2D eigenvalue weighted by atomic mass is 35.5. The molecule has 0 aliphatic heterocycles. The number of carbonyl (C=O) groups excluding carboxylic acids is 1. The molecular formula is C8H10Cl2O7. The number of ether oxygens (including phenoxy) is 1. The number of hydrogen-bond acceptors (Lipinski definition) is 5. The zero-order chi connectivity index (χ0) is 13.6. The molecule has 0 aromatic carbocycles. The lowest BCUT2D eigenvalue weighted by Gasteiger charge is -2.20. The summed E-state index contributed by atoms with van der Waals surface area (Å²) in [6.45, 7) is 0. The molecule has 0 fully saturated rings. The molecule has 0 amide bonds. The van der Waals surface area contributed by atoms with Gasteiger partial charge in [-0.05, 0) is 0 Å². The van der Waals surface area contributed by atoms with Crippen LogP contribution >= 0.6 is 23.2 Å². The van der Waals surface area contributed by atoms with Gasteiger partial charge in [-0.25, -0.2) is 4.79 Å². The van der Waals surface area contributed by atoms with E-state index in [-0.39, 0.29) is 5.88 Å². The summed E-state index contributed by atoms with van der Waals surface area (Å²) >= 11 is 10.6. The van der Waals surface area contributed by atoms with Crippen LogP contribution in [-0.2, 0) is 19.1 Å². The number of aliphatic carboxylic acids is 2. The number of carboxylic acid groups (broad SMARTS) is 2. The molecule has 0 spiro atoms. The number of carboxylic acids is 2. The maximum atomic E-state index is 11.1. The molecule has 2 unspecified atom stereocenters. The van der Waals surface area contributed by atoms with E-state index in [4.69, 9.17) is 33.4 Å². The maximum absolute atomic E-state index is 11.1. The second-order valence-corrected chi connectivity index (χ2v) is 3.93. The molecular weight excluding hydrogens is 279 g/mol. The lowest BCUT2D eigenvalue weighted by molar-refractivity contribution is -0.172. The minimum Gasteiger partial charge on any atom is -0.481 e. The van der Waals surface area contributed by atoms with Gasteiger partial charge >= 0.3 is 17.9 Å². The van der Waals surface area contributed by atoms with Gasteiger partial charge in [0.2, 0.25) is 0 Å². The molecule has 0 aliphatic carbocycles. The molecule has 98 valence electrons. The quantitative estimate of drug-likeness (QED) is 0.446. The summed E-state index contributed by atoms with van der Waals surface area (Å²) in [6.07, 6.45) is -2.17. The Morgan fingerprint density at radius 3 is 2.12 bits per heavy atom. The fourth-order valence-electron chi connectivity index (χ4n) is 0.918. The summed E-state index contributed by atoms with van der Waals surface area (Å²) in [5.41, 5.74) is -3.90. The molecule has 0 rings (SSSR count). The normalized spacial score (nSPS) is 15.7. The molecule has 17 heavy (non-hydrogen) atoms. The third-order valence-electron chi connectivity index (χ3n) is 1.66. The maximum Gasteiger partial charge on any atom is 0.336 e. The van der Waals surface area contributed by atoms with E-state index >= 15 is 0 Å². The van der Waals surface area contributed by atoms with Crippen LogP contribution in [0.25, 0.3) is 0 Å². The fourth-order valence-corrected chi connectivity index (χ4v) is 1.08. The number of esters is 1. The van der Waals surface area contributed by atoms with Crippen molar-refractivity contribution in [1.29, 1.82) is 0 Å². The Balaban J connectivity index is 4.60. The Morgan fingerprint density at radius 1 is 1.24 bits per heavy atom. The van der Waals surface area contributed by atoms with E-state index in [1.807, 2.05) is 0 Å². The first kappa shape index (κ1) is 16.0. The highest BCUT2D eigenvalue weighted by molar-refractivity contribution is 6.27. The van der Waals surface area contributed by atoms with Crippen molar-refractivity contribution >= 4 is 41.1 Å². The number of hydrogen-bond donors (Lipinski definition) is 3. The Bertz CT molecular complexity index is 319. The van der Waals surface area contributed by atoms with E-state index in [1.54, 1.807) is 0 Å². The van der Waals surface area contributed by atoms with Crippen molar-refractivity contribution in [2.24, 2.45) is 0 Å². The van der Waals surface area contributed by atoms with Crippen molar-refractivity contribution in [3.8, 4) is 0 Å². The van der Waals surface area contributed by atoms with E-state index < -0.39 is 41.9 Å². The average molecular weight is 289 g/mol. The smallest absolute Gasteiger partial charge is 0.336 e. The number of aliphatic hydroxyl groups is 1. The molecule has 0 aromatic heterocycles. The fraction of sp³-hybridized carbons (Fsp3) is 0.625. The predicted octanol–water partition coefficient (Wildman–Crippen LogP) is 0.0138. The van der Waals surface area contributed by atoms with Gasteiger partial charge in [-0.15, -0.1) is 11.6 Å². The zero-order valence-corrected chi connectivity index (χ0v) is 9.94. The van der Waals surface area contributed by atoms with E-state index in [0.717, 1.165) is 0 Å². The lowest BCUT2D eigenvalue weighted by Crippen LogP contribution is -2.43. The summed E-state index contributed by atoms with van der Waals surface area (Å²) in [4.78, 5) is 32.2. The van der Waals surface area contributed by atoms with Crippen LogP contribution in [0.15, 0.2) is 0 Å². The van der Waals surface area contributed by atoms with E-state index in [2.05, 4.69) is 4.74 Å². The summed E-state index contributed by atoms with van der Waals surface area (Å²) in [5.74, 6) is -4.79. The molecule has 0 bridgehead atoms. The first-order chi connectivity index (χ1) is 7.71. The number of alkyl halides is 2. The average Bonchev–Trinajstić information content (AvgIpc) is 2.15. The van der Waals surface area contributed by atoms with E-state index in [9.17, 15) is 19.5 Å². The van der Waals surface area contributed by atoms with E-state index in [1.165, 1.54) is 0 Å². The van der Waals surface area contributed by atoms with Crippen LogP contribution in [0.1, 0.15) is 12.8 Å². The SMILES string of the molecule is O=C(O)CC(O)(CC(=O)OC(Cl)CCl)C(=O)O. The summed E-state index contributed by atoms with van der Waals surface area (Å²) < 4.78 is 4.41. The zero-order valence-electron chi connectivity index (χ0n) is 8.43. The van der Waals surface area contributed by atoms with Gasteiger partial charge in [-0.2, -0.15) is 0 Å². The molecule has 7 nitrogen and oxygen atoms in total. The second-order valence-electron chi connectivity index (χ2n) is 3.14. The monoisotopic (exact) mass is 288 g/mol. The molecule has 0 saturated carbocycles. The van der Waals surface area contributed by atoms with Crippen LogP contribution in [0, 0.1) is 0 Å². The van der Waals surface area contributed by atoms with Crippen LogP contribution in [0.5, 0.6) is 0 Å². The van der Waals surface area contributed by atoms with Gasteiger partial charge in [0, 0.05) is 0 Å². The highest BCUT2D eigenvalue weighted by Gasteiger charge is 2.41. The van der Waals surface area contributed by atoms with Crippen molar-refractivity contribution in [2.45, 2.75) is 24.0 Å². The van der Waals surface area contributed by atoms with Crippen LogP contribution in [-0.4, -0.2) is 50.3 Å². The molecule has 9 heteroatoms. The van der Waals surface area contributed by atoms with Crippen molar-refractivity contribution in [3.05, 3.63) is 0 Å². The third kappa shape index (κ3) is 5.71. The molecule has 3 N–H and O–H groups in total. The Kier molecular flexibility index (Phi) is 6.22. The molecule has 0 heterocycles. The third-order valence-corrected chi connectivity index (χ3v) is 2.34. The minimum absolute atomic E-state index is 0.224. The van der Waals surface area contributed by atoms with Crippen LogP contribution in [0.4, 0.5) is 0 Å². The Morgan fingerprint density at radius 2 is 1.76 bits per heavy atom. The lowest BCUT2D eigenvalue weighted by atomic mass is 9.96. The van der Waals surface area contributed by atoms with Crippen LogP contribution in [0.2, 0.25) is 0 Å². The second kappa shape index (κ2) is 6.63. The molecule has 0 aliphatic rings. The molecule has 0 saturated heterocycles. The number of rotatable bonds is 7. The summed E-state index contributed by atoms with van der Waals surface area (Å²) in [5, 5.41) is 26.5. The Labute approximate surface area is 106 Å². The van der Waals surface area contributed by atoms with Gasteiger partial charge in [0.05, 0.1) is 18.7 Å². The largest absolute Gasteiger partial charge is 0.481 e. The van der Waals surface area contributed by atoms with E-state index in [0.29, 0.717) is 0 Å². The van der Waals surface area contributed by atoms with Crippen LogP contribution < -0.4 is 0 Å². The summed E-state index contributed by atoms with van der Waals surface area (Å²) in [7, 11) is 0. The predicted molar refractivity (Wildman–Crippen MR) is 55.9 cm³/mol. The van der Waals surface area contributed by atoms with Gasteiger partial charge < -0.3 is 20.1 Å². The Hall–Kier alpha value is -1.05. The van der Waals surface area contributed by atoms with Crippen molar-refractivity contribution < 1.29 is 34.4 Å². The van der Waals surface area contributed by atoms with Gasteiger partial charge in [-0.1, -0.05) is 11.6 Å². The van der Waals surface area contributed by atoms with Gasteiger partial charge in [0.1, 0.15) is 0 Å². The van der Waals surface area contributed by atoms with Crippen LogP contribution in [0.3, 0.4) is 0 Å². The first-order valence-corrected chi connectivity index (χ1v) is 5.25. The number of halogens is 2. The van der Waals surface area contributed by atoms with Gasteiger partial charge in [-0.3, -0.25) is 9.59 Å². The molecule has 0 radical (unpaired) electrons. The first-order valence-electron chi connectivity index (χ1n) is 4.28. The summed E-state index contributed by atoms with van der Waals surface area (Å²) in [6, 6.07) is 0. The topological polar surface area (TPSA) is 121 Å². The van der Waals surface area contributed by atoms with Gasteiger partial charge in [0.25, 0.3) is 0 Å². The van der Waals surface area contributed by atoms with Crippen molar-refractivity contribution in [1.82, 2.24) is 0 Å². The standard InChI is InChI=1S/C8H10Cl2O7/c9-3-4(10)17-6(13)2-8(16,7(14)15)1-5(11)12/h4,16H,1-3H2,(H,11,12)(H,14,15). The highest BCUT2D eigenvalue weighted by Crippen LogP contribution is 2.18. The minimum atomic E-state index is -2.73. The van der Waals surface area contributed by atoms with Gasteiger partial charge in [0.15, 0.2) is 11.2 Å². The van der Waals surface area contributed by atoms with Crippen molar-refractivity contribution in [2.75, 3.05) is 5.88 Å².